The Kier molecular flexibility index (Phi) is 6.54. The Hall–Kier alpha value is -2.91. The van der Waals surface area contributed by atoms with Crippen LogP contribution < -0.4 is 10.5 Å². The molecule has 9 heteroatoms. The maximum absolute atomic E-state index is 12.3. The molecule has 0 aliphatic heterocycles. The summed E-state index contributed by atoms with van der Waals surface area (Å²) in [6.45, 7) is 2.08. The van der Waals surface area contributed by atoms with E-state index < -0.39 is 17.4 Å². The summed E-state index contributed by atoms with van der Waals surface area (Å²) < 4.78 is 6.19. The standard InChI is InChI=1S/C18H20N2O6S/c1-11-8-14(22)16(17(23)19(11)2)13(21)5-4-12-9-15(27-10-12)20(18(24)25)6-7-26-3/h4-5,8-10,22H,6-7H2,1-3H3,(H,24,25). The van der Waals surface area contributed by atoms with Gasteiger partial charge in [-0.25, -0.2) is 4.79 Å². The number of ether oxygens (including phenoxy) is 1. The lowest BCUT2D eigenvalue weighted by molar-refractivity contribution is 0.104. The fraction of sp³-hybridized carbons (Fsp3) is 0.278. The van der Waals surface area contributed by atoms with Crippen LogP contribution in [-0.2, 0) is 11.8 Å². The van der Waals surface area contributed by atoms with Crippen LogP contribution in [0.3, 0.4) is 0 Å². The van der Waals surface area contributed by atoms with Gasteiger partial charge in [-0.1, -0.05) is 6.08 Å². The second kappa shape index (κ2) is 8.65. The van der Waals surface area contributed by atoms with Crippen LogP contribution in [0.25, 0.3) is 6.08 Å². The van der Waals surface area contributed by atoms with E-state index in [2.05, 4.69) is 0 Å². The fourth-order valence-electron chi connectivity index (χ4n) is 2.34. The van der Waals surface area contributed by atoms with E-state index in [0.717, 1.165) is 4.90 Å². The van der Waals surface area contributed by atoms with Crippen molar-refractivity contribution in [2.75, 3.05) is 25.2 Å². The molecule has 0 saturated carbocycles. The first-order valence-corrected chi connectivity index (χ1v) is 8.84. The van der Waals surface area contributed by atoms with E-state index >= 15 is 0 Å². The number of pyridine rings is 1. The molecule has 0 fully saturated rings. The lowest BCUT2D eigenvalue weighted by Gasteiger charge is -2.16. The van der Waals surface area contributed by atoms with Crippen molar-refractivity contribution >= 4 is 34.3 Å². The smallest absolute Gasteiger partial charge is 0.412 e. The number of carboxylic acid groups (broad SMARTS) is 1. The van der Waals surface area contributed by atoms with E-state index in [4.69, 9.17) is 4.74 Å². The van der Waals surface area contributed by atoms with Crippen LogP contribution in [0.4, 0.5) is 9.80 Å². The molecule has 0 aliphatic rings. The average Bonchev–Trinajstić information content (AvgIpc) is 3.06. The first-order valence-electron chi connectivity index (χ1n) is 7.96. The van der Waals surface area contributed by atoms with Crippen LogP contribution >= 0.6 is 11.3 Å². The SMILES string of the molecule is COCCN(C(=O)O)c1cc(C=CC(=O)c2c(O)cc(C)n(C)c2=O)cs1. The van der Waals surface area contributed by atoms with E-state index in [-0.39, 0.29) is 24.5 Å². The van der Waals surface area contributed by atoms with E-state index in [0.29, 0.717) is 16.3 Å². The van der Waals surface area contributed by atoms with Gasteiger partial charge in [0.25, 0.3) is 5.56 Å². The van der Waals surface area contributed by atoms with Crippen molar-refractivity contribution in [3.05, 3.63) is 50.8 Å². The molecule has 2 aromatic heterocycles. The molecule has 144 valence electrons. The van der Waals surface area contributed by atoms with Crippen molar-refractivity contribution < 1.29 is 24.5 Å². The molecule has 0 unspecified atom stereocenters. The Labute approximate surface area is 159 Å². The lowest BCUT2D eigenvalue weighted by atomic mass is 10.1. The first-order chi connectivity index (χ1) is 12.8. The highest BCUT2D eigenvalue weighted by Crippen LogP contribution is 2.26. The van der Waals surface area contributed by atoms with Gasteiger partial charge in [-0.15, -0.1) is 11.3 Å². The summed E-state index contributed by atoms with van der Waals surface area (Å²) in [5.41, 5.74) is 0.257. The normalized spacial score (nSPS) is 11.1. The number of nitrogens with zero attached hydrogens (tertiary/aromatic N) is 2. The predicted molar refractivity (Wildman–Crippen MR) is 103 cm³/mol. The number of aryl methyl sites for hydroxylation is 1. The second-order valence-corrected chi connectivity index (χ2v) is 6.64. The molecule has 0 radical (unpaired) electrons. The molecule has 0 aliphatic carbocycles. The largest absolute Gasteiger partial charge is 0.507 e. The highest BCUT2D eigenvalue weighted by molar-refractivity contribution is 7.14. The molecule has 0 spiro atoms. The number of hydrogen-bond donors (Lipinski definition) is 2. The predicted octanol–water partition coefficient (Wildman–Crippen LogP) is 2.49. The van der Waals surface area contributed by atoms with Gasteiger partial charge in [-0.05, 0) is 24.6 Å². The highest BCUT2D eigenvalue weighted by atomic mass is 32.1. The first kappa shape index (κ1) is 20.4. The van der Waals surface area contributed by atoms with E-state index in [9.17, 15) is 24.6 Å². The third kappa shape index (κ3) is 4.63. The number of amides is 1. The summed E-state index contributed by atoms with van der Waals surface area (Å²) in [5.74, 6) is -0.997. The van der Waals surface area contributed by atoms with Gasteiger partial charge in [-0.2, -0.15) is 0 Å². The average molecular weight is 392 g/mol. The number of anilines is 1. The molecule has 0 saturated heterocycles. The van der Waals surface area contributed by atoms with Crippen LogP contribution in [0.5, 0.6) is 5.75 Å². The minimum Gasteiger partial charge on any atom is -0.507 e. The van der Waals surface area contributed by atoms with Crippen LogP contribution in [0.2, 0.25) is 0 Å². The summed E-state index contributed by atoms with van der Waals surface area (Å²) in [5, 5.41) is 21.4. The van der Waals surface area contributed by atoms with Gasteiger partial charge in [0.05, 0.1) is 13.2 Å². The quantitative estimate of drug-likeness (QED) is 0.553. The molecule has 2 rings (SSSR count). The molecular weight excluding hydrogens is 372 g/mol. The van der Waals surface area contributed by atoms with Gasteiger partial charge in [0.15, 0.2) is 5.78 Å². The number of hydrogen-bond acceptors (Lipinski definition) is 6. The van der Waals surface area contributed by atoms with Crippen molar-refractivity contribution in [2.45, 2.75) is 6.92 Å². The zero-order valence-electron chi connectivity index (χ0n) is 15.1. The number of aromatic hydroxyl groups is 1. The van der Waals surface area contributed by atoms with Gasteiger partial charge in [0.1, 0.15) is 16.3 Å². The molecule has 0 aromatic carbocycles. The molecule has 27 heavy (non-hydrogen) atoms. The molecule has 8 nitrogen and oxygen atoms in total. The molecule has 0 atom stereocenters. The number of thiophene rings is 1. The highest BCUT2D eigenvalue weighted by Gasteiger charge is 2.17. The Balaban J connectivity index is 2.23. The number of aromatic nitrogens is 1. The number of allylic oxidation sites excluding steroid dienone is 1. The monoisotopic (exact) mass is 392 g/mol. The van der Waals surface area contributed by atoms with Crippen molar-refractivity contribution in [1.82, 2.24) is 4.57 Å². The minimum absolute atomic E-state index is 0.182. The Morgan fingerprint density at radius 1 is 1.37 bits per heavy atom. The molecule has 0 bridgehead atoms. The third-order valence-corrected chi connectivity index (χ3v) is 4.91. The van der Waals surface area contributed by atoms with Crippen molar-refractivity contribution in [1.29, 1.82) is 0 Å². The molecule has 2 N–H and O–H groups in total. The fourth-order valence-corrected chi connectivity index (χ4v) is 3.25. The molecule has 2 aromatic rings. The Bertz CT molecular complexity index is 944. The van der Waals surface area contributed by atoms with Crippen molar-refractivity contribution in [2.24, 2.45) is 7.05 Å². The van der Waals surface area contributed by atoms with Crippen molar-refractivity contribution in [3.8, 4) is 5.75 Å². The molecule has 2 heterocycles. The summed E-state index contributed by atoms with van der Waals surface area (Å²) in [6, 6.07) is 2.97. The van der Waals surface area contributed by atoms with Gasteiger partial charge < -0.3 is 19.5 Å². The van der Waals surface area contributed by atoms with Gasteiger partial charge in [0, 0.05) is 31.3 Å². The summed E-state index contributed by atoms with van der Waals surface area (Å²) >= 11 is 1.21. The minimum atomic E-state index is -1.10. The topological polar surface area (TPSA) is 109 Å². The lowest BCUT2D eigenvalue weighted by Crippen LogP contribution is -2.31. The van der Waals surface area contributed by atoms with E-state index in [1.807, 2.05) is 0 Å². The van der Waals surface area contributed by atoms with E-state index in [1.165, 1.54) is 48.3 Å². The van der Waals surface area contributed by atoms with Gasteiger partial charge in [0.2, 0.25) is 0 Å². The second-order valence-electron chi connectivity index (χ2n) is 5.75. The number of carbonyl (C=O) groups excluding carboxylic acids is 1. The third-order valence-electron chi connectivity index (χ3n) is 3.94. The Morgan fingerprint density at radius 3 is 2.70 bits per heavy atom. The van der Waals surface area contributed by atoms with E-state index in [1.54, 1.807) is 18.4 Å². The van der Waals surface area contributed by atoms with Crippen LogP contribution in [-0.4, -0.2) is 46.9 Å². The summed E-state index contributed by atoms with van der Waals surface area (Å²) in [6.07, 6.45) is 1.54. The van der Waals surface area contributed by atoms with Crippen LogP contribution in [0.1, 0.15) is 21.6 Å². The molecular formula is C18H20N2O6S. The van der Waals surface area contributed by atoms with Crippen LogP contribution in [0, 0.1) is 6.92 Å². The van der Waals surface area contributed by atoms with Crippen LogP contribution in [0.15, 0.2) is 28.4 Å². The molecule has 1 amide bonds. The van der Waals surface area contributed by atoms with Gasteiger partial charge in [-0.3, -0.25) is 14.5 Å². The maximum atomic E-state index is 12.3. The summed E-state index contributed by atoms with van der Waals surface area (Å²) in [4.78, 5) is 37.0. The zero-order valence-corrected chi connectivity index (χ0v) is 15.9. The van der Waals surface area contributed by atoms with Gasteiger partial charge >= 0.3 is 6.09 Å². The number of carbonyl (C=O) groups is 2. The zero-order chi connectivity index (χ0) is 20.1. The Morgan fingerprint density at radius 2 is 2.07 bits per heavy atom. The number of methoxy groups -OCH3 is 1. The number of ketones is 1. The summed E-state index contributed by atoms with van der Waals surface area (Å²) in [7, 11) is 3.00. The van der Waals surface area contributed by atoms with Crippen molar-refractivity contribution in [3.63, 3.8) is 0 Å². The number of rotatable bonds is 7. The maximum Gasteiger partial charge on any atom is 0.412 e.